The third-order valence-corrected chi connectivity index (χ3v) is 5.31. The maximum absolute atomic E-state index is 12.6. The molecular weight excluding hydrogens is 412 g/mol. The van der Waals surface area contributed by atoms with Gasteiger partial charge in [-0.05, 0) is 59.8 Å². The first-order valence-corrected chi connectivity index (χ1v) is 9.71. The van der Waals surface area contributed by atoms with E-state index in [0.29, 0.717) is 33.1 Å². The summed E-state index contributed by atoms with van der Waals surface area (Å²) in [4.78, 5) is 29.9. The minimum Gasteiger partial charge on any atom is -0.488 e. The number of amidine groups is 1. The summed E-state index contributed by atoms with van der Waals surface area (Å²) >= 11 is 7.46. The maximum atomic E-state index is 12.6. The standard InChI is InChI=1S/C21H17ClN2O4S/c1-3-10-28-17-9-4-13(11-16(17)22)12-18-19(25)24(2)21(29-18)23-15-7-5-14(6-8-15)20(26)27/h3-9,11-12H,1,10H2,2H3,(H,26,27). The molecule has 0 saturated carbocycles. The van der Waals surface area contributed by atoms with Crippen LogP contribution in [0.2, 0.25) is 5.02 Å². The van der Waals surface area contributed by atoms with Crippen LogP contribution < -0.4 is 4.74 Å². The Morgan fingerprint density at radius 1 is 1.31 bits per heavy atom. The number of hydrogen-bond donors (Lipinski definition) is 1. The van der Waals surface area contributed by atoms with Gasteiger partial charge in [0, 0.05) is 7.05 Å². The van der Waals surface area contributed by atoms with Crippen molar-refractivity contribution < 1.29 is 19.4 Å². The lowest BCUT2D eigenvalue weighted by Crippen LogP contribution is -2.23. The number of ether oxygens (including phenoxy) is 1. The summed E-state index contributed by atoms with van der Waals surface area (Å²) in [5, 5.41) is 9.91. The summed E-state index contributed by atoms with van der Waals surface area (Å²) < 4.78 is 5.45. The molecule has 0 aromatic heterocycles. The van der Waals surface area contributed by atoms with Crippen LogP contribution in [0.4, 0.5) is 5.69 Å². The Morgan fingerprint density at radius 3 is 2.66 bits per heavy atom. The van der Waals surface area contributed by atoms with E-state index in [-0.39, 0.29) is 11.5 Å². The van der Waals surface area contributed by atoms with Gasteiger partial charge in [0.05, 0.1) is 21.2 Å². The Hall–Kier alpha value is -3.03. The highest BCUT2D eigenvalue weighted by Gasteiger charge is 2.30. The first kappa shape index (κ1) is 20.7. The van der Waals surface area contributed by atoms with E-state index in [4.69, 9.17) is 21.4 Å². The molecule has 1 fully saturated rings. The van der Waals surface area contributed by atoms with Crippen molar-refractivity contribution in [1.29, 1.82) is 0 Å². The van der Waals surface area contributed by atoms with Crippen molar-refractivity contribution in [3.63, 3.8) is 0 Å². The summed E-state index contributed by atoms with van der Waals surface area (Å²) in [5.74, 6) is -0.640. The zero-order valence-electron chi connectivity index (χ0n) is 15.5. The predicted molar refractivity (Wildman–Crippen MR) is 116 cm³/mol. The Balaban J connectivity index is 1.81. The minimum absolute atomic E-state index is 0.176. The summed E-state index contributed by atoms with van der Waals surface area (Å²) in [5.41, 5.74) is 1.50. The van der Waals surface area contributed by atoms with Crippen LogP contribution in [0.1, 0.15) is 15.9 Å². The first-order chi connectivity index (χ1) is 13.9. The fourth-order valence-corrected chi connectivity index (χ4v) is 3.70. The molecule has 2 aromatic carbocycles. The Morgan fingerprint density at radius 2 is 2.03 bits per heavy atom. The topological polar surface area (TPSA) is 79.2 Å². The quantitative estimate of drug-likeness (QED) is 0.526. The smallest absolute Gasteiger partial charge is 0.335 e. The van der Waals surface area contributed by atoms with Crippen molar-refractivity contribution >= 4 is 52.2 Å². The van der Waals surface area contributed by atoms with Gasteiger partial charge in [-0.3, -0.25) is 9.69 Å². The van der Waals surface area contributed by atoms with Gasteiger partial charge in [0.25, 0.3) is 5.91 Å². The van der Waals surface area contributed by atoms with E-state index in [1.165, 1.54) is 28.8 Å². The largest absolute Gasteiger partial charge is 0.488 e. The molecular formula is C21H17ClN2O4S. The molecule has 1 heterocycles. The van der Waals surface area contributed by atoms with Crippen LogP contribution in [0.15, 0.2) is 65.0 Å². The average Bonchev–Trinajstić information content (AvgIpc) is 2.95. The molecule has 1 N–H and O–H groups in total. The number of likely N-dealkylation sites (N-methyl/N-ethyl adjacent to an activating group) is 1. The number of halogens is 1. The molecule has 8 heteroatoms. The Labute approximate surface area is 177 Å². The Kier molecular flexibility index (Phi) is 6.41. The molecule has 0 bridgehead atoms. The number of benzene rings is 2. The number of carbonyl (C=O) groups excluding carboxylic acids is 1. The van der Waals surface area contributed by atoms with Crippen LogP contribution in [0, 0.1) is 0 Å². The van der Waals surface area contributed by atoms with Gasteiger partial charge in [-0.15, -0.1) is 0 Å². The average molecular weight is 429 g/mol. The molecule has 0 atom stereocenters. The number of carboxylic acid groups (broad SMARTS) is 1. The van der Waals surface area contributed by atoms with Crippen LogP contribution in [-0.2, 0) is 4.79 Å². The normalized spacial score (nSPS) is 16.5. The minimum atomic E-state index is -1.00. The highest BCUT2D eigenvalue weighted by molar-refractivity contribution is 8.18. The van der Waals surface area contributed by atoms with Crippen LogP contribution in [0.25, 0.3) is 6.08 Å². The maximum Gasteiger partial charge on any atom is 0.335 e. The van der Waals surface area contributed by atoms with Crippen molar-refractivity contribution in [1.82, 2.24) is 4.90 Å². The molecule has 0 unspecified atom stereocenters. The summed E-state index contributed by atoms with van der Waals surface area (Å²) in [6.45, 7) is 3.95. The zero-order valence-corrected chi connectivity index (χ0v) is 17.0. The van der Waals surface area contributed by atoms with E-state index < -0.39 is 5.97 Å². The Bertz CT molecular complexity index is 1030. The van der Waals surface area contributed by atoms with Crippen LogP contribution in [0.5, 0.6) is 5.75 Å². The van der Waals surface area contributed by atoms with E-state index in [0.717, 1.165) is 5.56 Å². The number of rotatable bonds is 6. The van der Waals surface area contributed by atoms with Gasteiger partial charge in [0.1, 0.15) is 12.4 Å². The lowest BCUT2D eigenvalue weighted by Gasteiger charge is -2.07. The molecule has 1 aliphatic heterocycles. The SMILES string of the molecule is C=CCOc1ccc(C=C2SC(=Nc3ccc(C(=O)O)cc3)N(C)C2=O)cc1Cl. The zero-order chi connectivity index (χ0) is 21.0. The number of hydrogen-bond acceptors (Lipinski definition) is 5. The van der Waals surface area contributed by atoms with Crippen molar-refractivity contribution in [2.24, 2.45) is 4.99 Å². The van der Waals surface area contributed by atoms with Crippen LogP contribution >= 0.6 is 23.4 Å². The molecule has 6 nitrogen and oxygen atoms in total. The molecule has 0 spiro atoms. The van der Waals surface area contributed by atoms with Crippen LogP contribution in [0.3, 0.4) is 0 Å². The van der Waals surface area contributed by atoms with Gasteiger partial charge in [-0.25, -0.2) is 9.79 Å². The summed E-state index contributed by atoms with van der Waals surface area (Å²) in [6.07, 6.45) is 3.37. The highest BCUT2D eigenvalue weighted by atomic mass is 35.5. The van der Waals surface area contributed by atoms with Gasteiger partial charge in [0.2, 0.25) is 0 Å². The second-order valence-corrected chi connectivity index (χ2v) is 7.43. The molecule has 148 valence electrons. The molecule has 0 radical (unpaired) electrons. The van der Waals surface area contributed by atoms with Crippen molar-refractivity contribution in [2.75, 3.05) is 13.7 Å². The van der Waals surface area contributed by atoms with Crippen molar-refractivity contribution in [3.05, 3.63) is 76.2 Å². The molecule has 29 heavy (non-hydrogen) atoms. The number of carbonyl (C=O) groups is 2. The van der Waals surface area contributed by atoms with Gasteiger partial charge in [0.15, 0.2) is 5.17 Å². The third-order valence-electron chi connectivity index (χ3n) is 3.95. The van der Waals surface area contributed by atoms with Crippen LogP contribution in [-0.4, -0.2) is 40.7 Å². The van der Waals surface area contributed by atoms with Gasteiger partial charge >= 0.3 is 5.97 Å². The number of thioether (sulfide) groups is 1. The summed E-state index contributed by atoms with van der Waals surface area (Å²) in [7, 11) is 1.64. The number of aromatic carboxylic acids is 1. The third kappa shape index (κ3) is 4.88. The fraction of sp³-hybridized carbons (Fsp3) is 0.0952. The summed E-state index contributed by atoms with van der Waals surface area (Å²) in [6, 6.07) is 11.4. The van der Waals surface area contributed by atoms with Crippen molar-refractivity contribution in [3.8, 4) is 5.75 Å². The monoisotopic (exact) mass is 428 g/mol. The number of carboxylic acids is 1. The predicted octanol–water partition coefficient (Wildman–Crippen LogP) is 4.84. The molecule has 2 aromatic rings. The number of amides is 1. The van der Waals surface area contributed by atoms with Gasteiger partial charge < -0.3 is 9.84 Å². The van der Waals surface area contributed by atoms with Gasteiger partial charge in [-0.1, -0.05) is 30.3 Å². The second kappa shape index (κ2) is 8.98. The molecule has 3 rings (SSSR count). The van der Waals surface area contributed by atoms with E-state index in [1.54, 1.807) is 43.5 Å². The van der Waals surface area contributed by atoms with E-state index in [9.17, 15) is 9.59 Å². The first-order valence-electron chi connectivity index (χ1n) is 8.52. The lowest BCUT2D eigenvalue weighted by molar-refractivity contribution is -0.121. The van der Waals surface area contributed by atoms with E-state index >= 15 is 0 Å². The molecule has 1 aliphatic rings. The second-order valence-electron chi connectivity index (χ2n) is 6.01. The van der Waals surface area contributed by atoms with E-state index in [1.807, 2.05) is 6.07 Å². The number of aliphatic imine (C=N–C) groups is 1. The number of nitrogens with zero attached hydrogens (tertiary/aromatic N) is 2. The van der Waals surface area contributed by atoms with Gasteiger partial charge in [-0.2, -0.15) is 0 Å². The molecule has 0 aliphatic carbocycles. The molecule has 1 amide bonds. The van der Waals surface area contributed by atoms with E-state index in [2.05, 4.69) is 11.6 Å². The van der Waals surface area contributed by atoms with Crippen molar-refractivity contribution in [2.45, 2.75) is 0 Å². The lowest BCUT2D eigenvalue weighted by atomic mass is 10.2. The molecule has 1 saturated heterocycles. The fourth-order valence-electron chi connectivity index (χ4n) is 2.46. The highest BCUT2D eigenvalue weighted by Crippen LogP contribution is 2.34.